The molecule has 5 nitrogen and oxygen atoms in total. The van der Waals surface area contributed by atoms with Crippen LogP contribution in [0, 0.1) is 0 Å². The Morgan fingerprint density at radius 2 is 2.05 bits per heavy atom. The van der Waals surface area contributed by atoms with Gasteiger partial charge in [-0.15, -0.1) is 0 Å². The molecule has 0 fully saturated rings. The van der Waals surface area contributed by atoms with Crippen LogP contribution in [0.15, 0.2) is 22.8 Å². The molecule has 0 atom stereocenters. The number of sulfonamides is 1. The predicted octanol–water partition coefficient (Wildman–Crippen LogP) is 2.21. The van der Waals surface area contributed by atoms with Gasteiger partial charge in [-0.2, -0.15) is 4.31 Å². The number of furan rings is 1. The van der Waals surface area contributed by atoms with Gasteiger partial charge in [0.2, 0.25) is 10.0 Å². The van der Waals surface area contributed by atoms with Crippen LogP contribution in [-0.4, -0.2) is 38.1 Å². The Labute approximate surface area is 122 Å². The number of hydrogen-bond acceptors (Lipinski definition) is 4. The van der Waals surface area contributed by atoms with Gasteiger partial charge in [0.15, 0.2) is 0 Å². The zero-order valence-corrected chi connectivity index (χ0v) is 13.3. The van der Waals surface area contributed by atoms with Crippen molar-refractivity contribution in [1.82, 2.24) is 9.62 Å². The lowest BCUT2D eigenvalue weighted by molar-refractivity contribution is 0.375. The largest absolute Gasteiger partial charge is 0.468 e. The van der Waals surface area contributed by atoms with Crippen molar-refractivity contribution in [3.8, 4) is 0 Å². The Morgan fingerprint density at radius 3 is 2.65 bits per heavy atom. The third-order valence-electron chi connectivity index (χ3n) is 3.09. The van der Waals surface area contributed by atoms with E-state index in [1.165, 1.54) is 4.31 Å². The summed E-state index contributed by atoms with van der Waals surface area (Å²) < 4.78 is 31.2. The maximum atomic E-state index is 12.2. The molecule has 0 saturated carbocycles. The maximum Gasteiger partial charge on any atom is 0.214 e. The van der Waals surface area contributed by atoms with Crippen LogP contribution >= 0.6 is 0 Å². The van der Waals surface area contributed by atoms with Crippen LogP contribution in [0.1, 0.15) is 38.9 Å². The second-order valence-corrected chi connectivity index (χ2v) is 6.87. The summed E-state index contributed by atoms with van der Waals surface area (Å²) in [6.45, 7) is 6.63. The monoisotopic (exact) mass is 302 g/mol. The van der Waals surface area contributed by atoms with Crippen LogP contribution in [0.5, 0.6) is 0 Å². The van der Waals surface area contributed by atoms with Gasteiger partial charge < -0.3 is 9.73 Å². The molecule has 0 unspecified atom stereocenters. The van der Waals surface area contributed by atoms with Crippen LogP contribution in [0.2, 0.25) is 0 Å². The lowest BCUT2D eigenvalue weighted by atomic mass is 10.3. The fourth-order valence-corrected chi connectivity index (χ4v) is 3.49. The van der Waals surface area contributed by atoms with E-state index in [4.69, 9.17) is 4.42 Å². The zero-order valence-electron chi connectivity index (χ0n) is 12.5. The molecule has 1 aromatic heterocycles. The molecule has 1 aromatic rings. The van der Waals surface area contributed by atoms with E-state index in [1.807, 2.05) is 6.92 Å². The van der Waals surface area contributed by atoms with Gasteiger partial charge in [-0.25, -0.2) is 8.42 Å². The molecule has 0 aliphatic carbocycles. The fourth-order valence-electron chi connectivity index (χ4n) is 1.95. The third kappa shape index (κ3) is 6.07. The molecule has 0 radical (unpaired) electrons. The number of unbranched alkanes of at least 4 members (excludes halogenated alkanes) is 1. The summed E-state index contributed by atoms with van der Waals surface area (Å²) in [7, 11) is -3.20. The first-order chi connectivity index (χ1) is 9.60. The lowest BCUT2D eigenvalue weighted by Gasteiger charge is -2.19. The van der Waals surface area contributed by atoms with E-state index in [1.54, 1.807) is 18.4 Å². The van der Waals surface area contributed by atoms with Crippen molar-refractivity contribution >= 4 is 10.0 Å². The summed E-state index contributed by atoms with van der Waals surface area (Å²) in [5.74, 6) is 0.884. The molecule has 1 rings (SSSR count). The Hall–Kier alpha value is -0.850. The highest BCUT2D eigenvalue weighted by Gasteiger charge is 2.20. The SMILES string of the molecule is CCCNCCCCS(=O)(=O)N(CC)Cc1ccco1. The van der Waals surface area contributed by atoms with Crippen LogP contribution < -0.4 is 5.32 Å². The van der Waals surface area contributed by atoms with E-state index in [0.29, 0.717) is 25.3 Å². The van der Waals surface area contributed by atoms with Crippen LogP contribution in [0.25, 0.3) is 0 Å². The molecule has 20 heavy (non-hydrogen) atoms. The molecule has 1 N–H and O–H groups in total. The Kier molecular flexibility index (Phi) is 7.87. The highest BCUT2D eigenvalue weighted by molar-refractivity contribution is 7.89. The van der Waals surface area contributed by atoms with Gasteiger partial charge in [0.1, 0.15) is 5.76 Å². The van der Waals surface area contributed by atoms with Gasteiger partial charge in [0, 0.05) is 6.54 Å². The average molecular weight is 302 g/mol. The van der Waals surface area contributed by atoms with Crippen LogP contribution in [0.4, 0.5) is 0 Å². The summed E-state index contributed by atoms with van der Waals surface area (Å²) >= 11 is 0. The molecule has 0 aromatic carbocycles. The molecule has 0 aliphatic rings. The summed E-state index contributed by atoms with van der Waals surface area (Å²) in [6.07, 6.45) is 4.24. The first-order valence-corrected chi connectivity index (χ1v) is 8.92. The summed E-state index contributed by atoms with van der Waals surface area (Å²) in [5, 5.41) is 3.28. The molecular weight excluding hydrogens is 276 g/mol. The van der Waals surface area contributed by atoms with Gasteiger partial charge in [-0.05, 0) is 44.5 Å². The highest BCUT2D eigenvalue weighted by Crippen LogP contribution is 2.11. The van der Waals surface area contributed by atoms with Crippen molar-refractivity contribution in [3.63, 3.8) is 0 Å². The van der Waals surface area contributed by atoms with E-state index in [9.17, 15) is 8.42 Å². The van der Waals surface area contributed by atoms with E-state index in [-0.39, 0.29) is 5.75 Å². The molecule has 116 valence electrons. The summed E-state index contributed by atoms with van der Waals surface area (Å²) in [4.78, 5) is 0. The molecule has 6 heteroatoms. The minimum Gasteiger partial charge on any atom is -0.468 e. The standard InChI is InChI=1S/C14H26N2O3S/c1-3-9-15-10-5-6-12-20(17,18)16(4-2)13-14-8-7-11-19-14/h7-8,11,15H,3-6,9-10,12-13H2,1-2H3. The smallest absolute Gasteiger partial charge is 0.214 e. The van der Waals surface area contributed by atoms with Crippen LogP contribution in [-0.2, 0) is 16.6 Å². The predicted molar refractivity (Wildman–Crippen MR) is 81.0 cm³/mol. The lowest BCUT2D eigenvalue weighted by Crippen LogP contribution is -2.32. The van der Waals surface area contributed by atoms with E-state index < -0.39 is 10.0 Å². The van der Waals surface area contributed by atoms with E-state index >= 15 is 0 Å². The molecule has 0 amide bonds. The van der Waals surface area contributed by atoms with Gasteiger partial charge in [-0.3, -0.25) is 0 Å². The van der Waals surface area contributed by atoms with Crippen molar-refractivity contribution < 1.29 is 12.8 Å². The van der Waals surface area contributed by atoms with Crippen molar-refractivity contribution in [3.05, 3.63) is 24.2 Å². The first kappa shape index (κ1) is 17.2. The van der Waals surface area contributed by atoms with Crippen molar-refractivity contribution in [1.29, 1.82) is 0 Å². The molecule has 1 heterocycles. The number of nitrogens with zero attached hydrogens (tertiary/aromatic N) is 1. The topological polar surface area (TPSA) is 62.6 Å². The zero-order chi connectivity index (χ0) is 14.8. The molecular formula is C14H26N2O3S. The second-order valence-electron chi connectivity index (χ2n) is 4.78. The Morgan fingerprint density at radius 1 is 1.25 bits per heavy atom. The first-order valence-electron chi connectivity index (χ1n) is 7.31. The third-order valence-corrected chi connectivity index (χ3v) is 5.07. The molecule has 0 spiro atoms. The van der Waals surface area contributed by atoms with Gasteiger partial charge in [-0.1, -0.05) is 13.8 Å². The fraction of sp³-hybridized carbons (Fsp3) is 0.714. The highest BCUT2D eigenvalue weighted by atomic mass is 32.2. The molecule has 0 bridgehead atoms. The van der Waals surface area contributed by atoms with E-state index in [2.05, 4.69) is 12.2 Å². The Bertz CT molecular complexity index is 443. The van der Waals surface area contributed by atoms with Gasteiger partial charge in [0.25, 0.3) is 0 Å². The minimum atomic E-state index is -3.20. The van der Waals surface area contributed by atoms with Crippen molar-refractivity contribution in [2.75, 3.05) is 25.4 Å². The van der Waals surface area contributed by atoms with Gasteiger partial charge in [0.05, 0.1) is 18.6 Å². The Balaban J connectivity index is 2.36. The number of hydrogen-bond donors (Lipinski definition) is 1. The normalized spacial score (nSPS) is 12.2. The van der Waals surface area contributed by atoms with Crippen LogP contribution in [0.3, 0.4) is 0 Å². The number of rotatable bonds is 11. The van der Waals surface area contributed by atoms with Gasteiger partial charge >= 0.3 is 0 Å². The summed E-state index contributed by atoms with van der Waals surface area (Å²) in [6, 6.07) is 3.57. The second kappa shape index (κ2) is 9.15. The van der Waals surface area contributed by atoms with E-state index in [0.717, 1.165) is 25.9 Å². The summed E-state index contributed by atoms with van der Waals surface area (Å²) in [5.41, 5.74) is 0. The molecule has 0 aliphatic heterocycles. The van der Waals surface area contributed by atoms with Crippen molar-refractivity contribution in [2.24, 2.45) is 0 Å². The minimum absolute atomic E-state index is 0.204. The average Bonchev–Trinajstić information content (AvgIpc) is 2.92. The maximum absolute atomic E-state index is 12.2. The number of nitrogens with one attached hydrogen (secondary N) is 1. The quantitative estimate of drug-likeness (QED) is 0.637. The molecule has 0 saturated heterocycles. The van der Waals surface area contributed by atoms with Crippen molar-refractivity contribution in [2.45, 2.75) is 39.7 Å².